The van der Waals surface area contributed by atoms with E-state index in [9.17, 15) is 9.59 Å². The lowest BCUT2D eigenvalue weighted by atomic mass is 10.2. The van der Waals surface area contributed by atoms with E-state index in [4.69, 9.17) is 5.11 Å². The quantitative estimate of drug-likeness (QED) is 0.905. The Hall–Kier alpha value is -1.66. The number of hydrogen-bond acceptors (Lipinski definition) is 4. The Kier molecular flexibility index (Phi) is 4.01. The van der Waals surface area contributed by atoms with E-state index in [0.717, 1.165) is 23.3 Å². The van der Waals surface area contributed by atoms with E-state index in [1.807, 2.05) is 19.9 Å². The molecule has 0 spiro atoms. The molecule has 0 saturated carbocycles. The largest absolute Gasteiger partial charge is 0.477 e. The number of aryl methyl sites for hydroxylation is 2. The van der Waals surface area contributed by atoms with Crippen LogP contribution in [0.2, 0.25) is 0 Å². The average Bonchev–Trinajstić information content (AvgIpc) is 2.95. The van der Waals surface area contributed by atoms with Crippen LogP contribution < -0.4 is 5.32 Å². The third-order valence-corrected chi connectivity index (χ3v) is 4.96. The molecule has 0 aliphatic heterocycles. The van der Waals surface area contributed by atoms with Crippen LogP contribution in [0.5, 0.6) is 0 Å². The molecule has 2 rings (SSSR count). The van der Waals surface area contributed by atoms with Crippen molar-refractivity contribution in [3.63, 3.8) is 0 Å². The van der Waals surface area contributed by atoms with Crippen LogP contribution in [-0.4, -0.2) is 17.0 Å². The number of thiophene rings is 2. The van der Waals surface area contributed by atoms with Crippen molar-refractivity contribution in [2.75, 3.05) is 5.32 Å². The second-order valence-corrected chi connectivity index (χ2v) is 6.05. The SMILES string of the molecule is CCc1sc(C(=O)Nc2ccsc2C(=O)O)cc1C. The topological polar surface area (TPSA) is 66.4 Å². The minimum atomic E-state index is -1.03. The van der Waals surface area contributed by atoms with Crippen molar-refractivity contribution in [3.05, 3.63) is 37.7 Å². The predicted molar refractivity (Wildman–Crippen MR) is 77.7 cm³/mol. The van der Waals surface area contributed by atoms with Gasteiger partial charge in [0, 0.05) is 4.88 Å². The maximum atomic E-state index is 12.1. The van der Waals surface area contributed by atoms with Gasteiger partial charge in [-0.1, -0.05) is 6.92 Å². The zero-order chi connectivity index (χ0) is 14.0. The summed E-state index contributed by atoms with van der Waals surface area (Å²) >= 11 is 2.54. The van der Waals surface area contributed by atoms with E-state index < -0.39 is 5.97 Å². The summed E-state index contributed by atoms with van der Waals surface area (Å²) in [4.78, 5) is 25.0. The highest BCUT2D eigenvalue weighted by molar-refractivity contribution is 7.14. The van der Waals surface area contributed by atoms with Gasteiger partial charge in [0.25, 0.3) is 5.91 Å². The van der Waals surface area contributed by atoms with Gasteiger partial charge >= 0.3 is 5.97 Å². The summed E-state index contributed by atoms with van der Waals surface area (Å²) in [5, 5.41) is 13.3. The summed E-state index contributed by atoms with van der Waals surface area (Å²) in [6.45, 7) is 4.02. The van der Waals surface area contributed by atoms with E-state index in [1.54, 1.807) is 11.4 Å². The second-order valence-electron chi connectivity index (χ2n) is 3.99. The van der Waals surface area contributed by atoms with Crippen LogP contribution in [-0.2, 0) is 6.42 Å². The van der Waals surface area contributed by atoms with Crippen molar-refractivity contribution < 1.29 is 14.7 Å². The van der Waals surface area contributed by atoms with Gasteiger partial charge in [-0.3, -0.25) is 4.79 Å². The molecule has 0 aliphatic rings. The molecule has 2 N–H and O–H groups in total. The smallest absolute Gasteiger partial charge is 0.348 e. The third-order valence-electron chi connectivity index (χ3n) is 2.67. The fourth-order valence-corrected chi connectivity index (χ4v) is 3.44. The Morgan fingerprint density at radius 2 is 2.16 bits per heavy atom. The maximum absolute atomic E-state index is 12.1. The van der Waals surface area contributed by atoms with Crippen molar-refractivity contribution in [2.45, 2.75) is 20.3 Å². The third kappa shape index (κ3) is 2.85. The minimum absolute atomic E-state index is 0.150. The molecular formula is C13H13NO3S2. The number of hydrogen-bond donors (Lipinski definition) is 2. The molecule has 0 bridgehead atoms. The highest BCUT2D eigenvalue weighted by Crippen LogP contribution is 2.26. The van der Waals surface area contributed by atoms with E-state index in [-0.39, 0.29) is 10.8 Å². The molecule has 19 heavy (non-hydrogen) atoms. The van der Waals surface area contributed by atoms with Gasteiger partial charge in [0.05, 0.1) is 10.6 Å². The van der Waals surface area contributed by atoms with E-state index in [2.05, 4.69) is 5.32 Å². The van der Waals surface area contributed by atoms with E-state index in [1.165, 1.54) is 16.2 Å². The Balaban J connectivity index is 2.20. The summed E-state index contributed by atoms with van der Waals surface area (Å²) in [5.41, 5.74) is 1.45. The summed E-state index contributed by atoms with van der Waals surface area (Å²) in [6.07, 6.45) is 0.891. The lowest BCUT2D eigenvalue weighted by Crippen LogP contribution is -2.11. The molecule has 0 saturated heterocycles. The number of amides is 1. The van der Waals surface area contributed by atoms with E-state index >= 15 is 0 Å². The van der Waals surface area contributed by atoms with Gasteiger partial charge in [-0.15, -0.1) is 22.7 Å². The van der Waals surface area contributed by atoms with Gasteiger partial charge in [-0.25, -0.2) is 4.79 Å². The first-order valence-electron chi connectivity index (χ1n) is 5.74. The van der Waals surface area contributed by atoms with Crippen LogP contribution in [0.4, 0.5) is 5.69 Å². The summed E-state index contributed by atoms with van der Waals surface area (Å²) in [7, 11) is 0. The monoisotopic (exact) mass is 295 g/mol. The molecule has 6 heteroatoms. The van der Waals surface area contributed by atoms with Crippen LogP contribution in [0.15, 0.2) is 17.5 Å². The molecule has 4 nitrogen and oxygen atoms in total. The fourth-order valence-electron chi connectivity index (χ4n) is 1.74. The van der Waals surface area contributed by atoms with Crippen molar-refractivity contribution in [1.82, 2.24) is 0 Å². The zero-order valence-electron chi connectivity index (χ0n) is 10.5. The van der Waals surface area contributed by atoms with Crippen LogP contribution in [0.3, 0.4) is 0 Å². The van der Waals surface area contributed by atoms with Gasteiger partial charge in [-0.05, 0) is 36.4 Å². The maximum Gasteiger partial charge on any atom is 0.348 e. The molecule has 2 heterocycles. The first-order chi connectivity index (χ1) is 9.02. The molecule has 2 aromatic rings. The molecule has 1 amide bonds. The standard InChI is InChI=1S/C13H13NO3S2/c1-3-9-7(2)6-10(19-9)12(15)14-8-4-5-18-11(8)13(16)17/h4-6H,3H2,1-2H3,(H,14,15)(H,16,17). The number of carboxylic acid groups (broad SMARTS) is 1. The van der Waals surface area contributed by atoms with Crippen LogP contribution in [0, 0.1) is 6.92 Å². The van der Waals surface area contributed by atoms with Crippen LogP contribution in [0.25, 0.3) is 0 Å². The van der Waals surface area contributed by atoms with Crippen LogP contribution in [0.1, 0.15) is 36.7 Å². The van der Waals surface area contributed by atoms with Gasteiger partial charge < -0.3 is 10.4 Å². The van der Waals surface area contributed by atoms with Gasteiger partial charge in [0.15, 0.2) is 0 Å². The normalized spacial score (nSPS) is 10.4. The summed E-state index contributed by atoms with van der Waals surface area (Å²) < 4.78 is 0. The minimum Gasteiger partial charge on any atom is -0.477 e. The zero-order valence-corrected chi connectivity index (χ0v) is 12.2. The molecule has 0 aliphatic carbocycles. The van der Waals surface area contributed by atoms with Gasteiger partial charge in [-0.2, -0.15) is 0 Å². The number of aromatic carboxylic acids is 1. The second kappa shape index (κ2) is 5.54. The Labute approximate surface area is 118 Å². The lowest BCUT2D eigenvalue weighted by molar-refractivity contribution is 0.0703. The fraction of sp³-hybridized carbons (Fsp3) is 0.231. The molecular weight excluding hydrogens is 282 g/mol. The van der Waals surface area contributed by atoms with E-state index in [0.29, 0.717) is 10.6 Å². The Morgan fingerprint density at radius 3 is 2.74 bits per heavy atom. The molecule has 0 atom stereocenters. The average molecular weight is 295 g/mol. The number of anilines is 1. The number of carbonyl (C=O) groups is 2. The Bertz CT molecular complexity index is 628. The first kappa shape index (κ1) is 13.8. The number of nitrogens with one attached hydrogen (secondary N) is 1. The first-order valence-corrected chi connectivity index (χ1v) is 7.44. The number of rotatable bonds is 4. The number of carboxylic acids is 1. The summed E-state index contributed by atoms with van der Waals surface area (Å²) in [5.74, 6) is -1.28. The van der Waals surface area contributed by atoms with Gasteiger partial charge in [0.2, 0.25) is 0 Å². The lowest BCUT2D eigenvalue weighted by Gasteiger charge is -2.02. The summed E-state index contributed by atoms with van der Waals surface area (Å²) in [6, 6.07) is 3.44. The van der Waals surface area contributed by atoms with Crippen molar-refractivity contribution in [3.8, 4) is 0 Å². The highest BCUT2D eigenvalue weighted by Gasteiger charge is 2.16. The predicted octanol–water partition coefficient (Wildman–Crippen LogP) is 3.63. The van der Waals surface area contributed by atoms with Crippen molar-refractivity contribution in [2.24, 2.45) is 0 Å². The molecule has 0 aromatic carbocycles. The molecule has 0 fully saturated rings. The Morgan fingerprint density at radius 1 is 1.42 bits per heavy atom. The molecule has 0 radical (unpaired) electrons. The van der Waals surface area contributed by atoms with Crippen LogP contribution >= 0.6 is 22.7 Å². The number of carbonyl (C=O) groups excluding carboxylic acids is 1. The molecule has 2 aromatic heterocycles. The van der Waals surface area contributed by atoms with Gasteiger partial charge in [0.1, 0.15) is 4.88 Å². The molecule has 100 valence electrons. The van der Waals surface area contributed by atoms with Crippen molar-refractivity contribution in [1.29, 1.82) is 0 Å². The highest BCUT2D eigenvalue weighted by atomic mass is 32.1. The van der Waals surface area contributed by atoms with Crippen molar-refractivity contribution >= 4 is 40.2 Å². The molecule has 0 unspecified atom stereocenters.